The molecule has 1 saturated heterocycles. The highest BCUT2D eigenvalue weighted by atomic mass is 19.4. The SMILES string of the molecule is CC(C)(C)Nc1ncc2nc(Nc3cc(C(F)(F)F)cc(C(F)(F)F)c3)n(C3CCNCC3)c2n1. The number of nitrogens with one attached hydrogen (secondary N) is 3. The van der Waals surface area contributed by atoms with Crippen LogP contribution in [0.5, 0.6) is 0 Å². The molecule has 0 atom stereocenters. The molecule has 1 aromatic carbocycles. The summed E-state index contributed by atoms with van der Waals surface area (Å²) in [5, 5.41) is 9.09. The number of fused-ring (bicyclic) bond motifs is 1. The number of alkyl halides is 6. The van der Waals surface area contributed by atoms with E-state index < -0.39 is 23.5 Å². The van der Waals surface area contributed by atoms with Gasteiger partial charge in [-0.05, 0) is 64.9 Å². The average molecular weight is 501 g/mol. The van der Waals surface area contributed by atoms with Crippen LogP contribution in [0.2, 0.25) is 0 Å². The molecule has 0 saturated carbocycles. The number of benzene rings is 1. The van der Waals surface area contributed by atoms with Gasteiger partial charge in [0.1, 0.15) is 5.52 Å². The van der Waals surface area contributed by atoms with Crippen LogP contribution < -0.4 is 16.0 Å². The van der Waals surface area contributed by atoms with Gasteiger partial charge in [-0.3, -0.25) is 4.57 Å². The maximum absolute atomic E-state index is 13.3. The maximum atomic E-state index is 13.3. The predicted octanol–water partition coefficient (Wildman–Crippen LogP) is 5.74. The summed E-state index contributed by atoms with van der Waals surface area (Å²) in [7, 11) is 0. The Morgan fingerprint density at radius 1 is 0.914 bits per heavy atom. The molecule has 1 fully saturated rings. The molecule has 0 bridgehead atoms. The van der Waals surface area contributed by atoms with Gasteiger partial charge in [0.15, 0.2) is 5.65 Å². The van der Waals surface area contributed by atoms with Gasteiger partial charge < -0.3 is 16.0 Å². The molecule has 4 rings (SSSR count). The smallest absolute Gasteiger partial charge is 0.350 e. The highest BCUT2D eigenvalue weighted by molar-refractivity contribution is 5.77. The van der Waals surface area contributed by atoms with Crippen molar-refractivity contribution in [1.82, 2.24) is 24.8 Å². The molecule has 0 amide bonds. The van der Waals surface area contributed by atoms with Gasteiger partial charge >= 0.3 is 12.4 Å². The fourth-order valence-electron chi connectivity index (χ4n) is 3.94. The van der Waals surface area contributed by atoms with Crippen molar-refractivity contribution in [3.63, 3.8) is 0 Å². The molecule has 1 aliphatic rings. The summed E-state index contributed by atoms with van der Waals surface area (Å²) in [6.07, 6.45) is -7.06. The molecule has 0 radical (unpaired) electrons. The van der Waals surface area contributed by atoms with Gasteiger partial charge in [0, 0.05) is 17.3 Å². The molecule has 0 aliphatic carbocycles. The van der Waals surface area contributed by atoms with Crippen LogP contribution in [0.4, 0.5) is 43.9 Å². The van der Waals surface area contributed by atoms with Crippen LogP contribution in [-0.4, -0.2) is 38.1 Å². The second-order valence-corrected chi connectivity index (χ2v) is 9.48. The Morgan fingerprint density at radius 2 is 1.51 bits per heavy atom. The van der Waals surface area contributed by atoms with Crippen molar-refractivity contribution in [2.75, 3.05) is 23.7 Å². The van der Waals surface area contributed by atoms with E-state index in [1.54, 1.807) is 4.57 Å². The third-order valence-corrected chi connectivity index (χ3v) is 5.44. The fraction of sp³-hybridized carbons (Fsp3) is 0.500. The second kappa shape index (κ2) is 8.85. The minimum Gasteiger partial charge on any atom is -0.350 e. The van der Waals surface area contributed by atoms with Crippen LogP contribution in [0.1, 0.15) is 50.8 Å². The van der Waals surface area contributed by atoms with Crippen LogP contribution in [0.25, 0.3) is 11.2 Å². The lowest BCUT2D eigenvalue weighted by atomic mass is 10.1. The molecule has 7 nitrogen and oxygen atoms in total. The lowest BCUT2D eigenvalue weighted by Gasteiger charge is -2.26. The topological polar surface area (TPSA) is 79.7 Å². The summed E-state index contributed by atoms with van der Waals surface area (Å²) in [6.45, 7) is 7.20. The van der Waals surface area contributed by atoms with Gasteiger partial charge in [-0.2, -0.15) is 31.3 Å². The van der Waals surface area contributed by atoms with Crippen molar-refractivity contribution in [3.8, 4) is 0 Å². The molecule has 2 aromatic heterocycles. The highest BCUT2D eigenvalue weighted by Crippen LogP contribution is 2.39. The third-order valence-electron chi connectivity index (χ3n) is 5.44. The molecule has 3 N–H and O–H groups in total. The molecular weight excluding hydrogens is 476 g/mol. The Morgan fingerprint density at radius 3 is 2.06 bits per heavy atom. The Bertz CT molecular complexity index is 1170. The number of halogens is 6. The minimum absolute atomic E-state index is 0.0941. The van der Waals surface area contributed by atoms with E-state index in [0.29, 0.717) is 55.2 Å². The normalized spacial score (nSPS) is 16.0. The first-order valence-electron chi connectivity index (χ1n) is 11.0. The number of rotatable bonds is 4. The summed E-state index contributed by atoms with van der Waals surface area (Å²) < 4.78 is 81.8. The average Bonchev–Trinajstić information content (AvgIpc) is 3.08. The minimum atomic E-state index is -4.95. The van der Waals surface area contributed by atoms with E-state index in [1.807, 2.05) is 20.8 Å². The van der Waals surface area contributed by atoms with Crippen molar-refractivity contribution in [1.29, 1.82) is 0 Å². The first-order chi connectivity index (χ1) is 16.2. The fourth-order valence-corrected chi connectivity index (χ4v) is 3.94. The van der Waals surface area contributed by atoms with Crippen molar-refractivity contribution in [2.45, 2.75) is 57.5 Å². The van der Waals surface area contributed by atoms with Crippen LogP contribution >= 0.6 is 0 Å². The van der Waals surface area contributed by atoms with Crippen LogP contribution in [-0.2, 0) is 12.4 Å². The summed E-state index contributed by atoms with van der Waals surface area (Å²) in [5.74, 6) is 0.437. The van der Waals surface area contributed by atoms with Crippen molar-refractivity contribution < 1.29 is 26.3 Å². The summed E-state index contributed by atoms with van der Waals surface area (Å²) in [4.78, 5) is 13.2. The zero-order chi connectivity index (χ0) is 25.6. The van der Waals surface area contributed by atoms with Crippen LogP contribution in [0.3, 0.4) is 0 Å². The number of imidazole rings is 1. The number of aromatic nitrogens is 4. The Hall–Kier alpha value is -3.09. The number of piperidine rings is 1. The van der Waals surface area contributed by atoms with Gasteiger partial charge in [-0.15, -0.1) is 0 Å². The van der Waals surface area contributed by atoms with Gasteiger partial charge in [0.25, 0.3) is 0 Å². The monoisotopic (exact) mass is 501 g/mol. The van der Waals surface area contributed by atoms with E-state index in [9.17, 15) is 26.3 Å². The Labute approximate surface area is 197 Å². The molecule has 3 heterocycles. The van der Waals surface area contributed by atoms with E-state index in [1.165, 1.54) is 6.20 Å². The maximum Gasteiger partial charge on any atom is 0.416 e. The van der Waals surface area contributed by atoms with E-state index in [-0.39, 0.29) is 29.3 Å². The molecule has 0 spiro atoms. The Balaban J connectivity index is 1.83. The number of hydrogen-bond acceptors (Lipinski definition) is 6. The molecule has 1 aliphatic heterocycles. The Kier molecular flexibility index (Phi) is 6.32. The van der Waals surface area contributed by atoms with E-state index in [2.05, 4.69) is 30.9 Å². The van der Waals surface area contributed by atoms with Gasteiger partial charge in [-0.1, -0.05) is 0 Å². The van der Waals surface area contributed by atoms with Crippen molar-refractivity contribution in [2.24, 2.45) is 0 Å². The zero-order valence-corrected chi connectivity index (χ0v) is 19.3. The largest absolute Gasteiger partial charge is 0.416 e. The van der Waals surface area contributed by atoms with E-state index in [0.717, 1.165) is 0 Å². The summed E-state index contributed by atoms with van der Waals surface area (Å²) >= 11 is 0. The van der Waals surface area contributed by atoms with Crippen molar-refractivity contribution >= 4 is 28.7 Å². The van der Waals surface area contributed by atoms with Crippen molar-refractivity contribution in [3.05, 3.63) is 35.5 Å². The quantitative estimate of drug-likeness (QED) is 0.396. The van der Waals surface area contributed by atoms with Gasteiger partial charge in [-0.25, -0.2) is 9.97 Å². The lowest BCUT2D eigenvalue weighted by Crippen LogP contribution is -2.30. The standard InChI is InChI=1S/C22H25F6N7/c1-20(2,3)34-18-30-11-16-17(33-18)35(15-4-6-29-7-5-15)19(32-16)31-14-9-12(21(23,24)25)8-13(10-14)22(26,27)28/h8-11,15,29H,4-7H2,1-3H3,(H,31,32)(H,30,33,34). The second-order valence-electron chi connectivity index (χ2n) is 9.48. The molecule has 3 aromatic rings. The first-order valence-corrected chi connectivity index (χ1v) is 11.0. The number of anilines is 3. The lowest BCUT2D eigenvalue weighted by molar-refractivity contribution is -0.143. The van der Waals surface area contributed by atoms with Gasteiger partial charge in [0.05, 0.1) is 17.3 Å². The summed E-state index contributed by atoms with van der Waals surface area (Å²) in [6, 6.07) is 1.25. The first kappa shape index (κ1) is 25.0. The highest BCUT2D eigenvalue weighted by Gasteiger charge is 2.37. The molecule has 0 unspecified atom stereocenters. The van der Waals surface area contributed by atoms with E-state index >= 15 is 0 Å². The predicted molar refractivity (Wildman–Crippen MR) is 120 cm³/mol. The van der Waals surface area contributed by atoms with E-state index in [4.69, 9.17) is 0 Å². The molecule has 190 valence electrons. The molecule has 35 heavy (non-hydrogen) atoms. The van der Waals surface area contributed by atoms with Crippen LogP contribution in [0, 0.1) is 0 Å². The zero-order valence-electron chi connectivity index (χ0n) is 19.3. The van der Waals surface area contributed by atoms with Gasteiger partial charge in [0.2, 0.25) is 11.9 Å². The number of hydrogen-bond donors (Lipinski definition) is 3. The summed E-state index contributed by atoms with van der Waals surface area (Å²) in [5.41, 5.74) is -2.72. The number of nitrogens with zero attached hydrogens (tertiary/aromatic N) is 4. The van der Waals surface area contributed by atoms with Crippen LogP contribution in [0.15, 0.2) is 24.4 Å². The molecular formula is C22H25F6N7. The molecule has 13 heteroatoms. The third kappa shape index (κ3) is 5.77.